The number of aromatic nitrogens is 1. The van der Waals surface area contributed by atoms with Crippen LogP contribution in [0, 0.1) is 0 Å². The summed E-state index contributed by atoms with van der Waals surface area (Å²) in [5.41, 5.74) is -0.987. The van der Waals surface area contributed by atoms with Crippen LogP contribution in [0.4, 0.5) is 13.2 Å². The summed E-state index contributed by atoms with van der Waals surface area (Å²) < 4.78 is 37.0. The molecule has 2 nitrogen and oxygen atoms in total. The van der Waals surface area contributed by atoms with Gasteiger partial charge in [-0.25, -0.2) is 0 Å². The Hall–Kier alpha value is -1.36. The molecule has 5 heteroatoms. The molecule has 1 rings (SSSR count). The third-order valence-corrected chi connectivity index (χ3v) is 1.53. The van der Waals surface area contributed by atoms with E-state index in [4.69, 9.17) is 5.11 Å². The highest BCUT2D eigenvalue weighted by atomic mass is 19.4. The quantitative estimate of drug-likeness (QED) is 0.798. The number of halogens is 3. The van der Waals surface area contributed by atoms with Crippen molar-refractivity contribution in [3.63, 3.8) is 0 Å². The average Bonchev–Trinajstić information content (AvgIpc) is 2.14. The van der Waals surface area contributed by atoms with Crippen LogP contribution in [0.15, 0.2) is 24.4 Å². The van der Waals surface area contributed by atoms with E-state index in [1.54, 1.807) is 0 Å². The van der Waals surface area contributed by atoms with Crippen molar-refractivity contribution in [1.29, 1.82) is 0 Å². The molecule has 1 aromatic rings. The Kier molecular flexibility index (Phi) is 3.24. The third-order valence-electron chi connectivity index (χ3n) is 1.53. The summed E-state index contributed by atoms with van der Waals surface area (Å²) in [6, 6.07) is 2.17. The minimum atomic E-state index is -4.41. The zero-order valence-corrected chi connectivity index (χ0v) is 7.12. The van der Waals surface area contributed by atoms with Gasteiger partial charge in [0, 0.05) is 6.20 Å². The van der Waals surface area contributed by atoms with Gasteiger partial charge in [-0.05, 0) is 18.2 Å². The molecule has 0 amide bonds. The SMILES string of the molecule is OCC=Cc1ncccc1C(F)(F)F. The maximum Gasteiger partial charge on any atom is 0.418 e. The normalized spacial score (nSPS) is 12.3. The molecule has 0 unspecified atom stereocenters. The molecule has 0 spiro atoms. The lowest BCUT2D eigenvalue weighted by atomic mass is 10.2. The van der Waals surface area contributed by atoms with Crippen LogP contribution in [-0.2, 0) is 6.18 Å². The monoisotopic (exact) mass is 203 g/mol. The average molecular weight is 203 g/mol. The predicted octanol–water partition coefficient (Wildman–Crippen LogP) is 2.11. The van der Waals surface area contributed by atoms with Gasteiger partial charge in [0.1, 0.15) is 0 Å². The van der Waals surface area contributed by atoms with E-state index in [0.717, 1.165) is 12.1 Å². The molecule has 0 saturated carbocycles. The Morgan fingerprint density at radius 2 is 2.14 bits per heavy atom. The summed E-state index contributed by atoms with van der Waals surface area (Å²) in [6.45, 7) is -0.312. The first-order valence-electron chi connectivity index (χ1n) is 3.85. The molecule has 0 bridgehead atoms. The van der Waals surface area contributed by atoms with Crippen LogP contribution in [0.2, 0.25) is 0 Å². The van der Waals surface area contributed by atoms with Gasteiger partial charge in [0.2, 0.25) is 0 Å². The van der Waals surface area contributed by atoms with Crippen molar-refractivity contribution in [2.75, 3.05) is 6.61 Å². The molecule has 0 radical (unpaired) electrons. The minimum absolute atomic E-state index is 0.186. The van der Waals surface area contributed by atoms with Crippen molar-refractivity contribution in [2.24, 2.45) is 0 Å². The molecule has 14 heavy (non-hydrogen) atoms. The maximum absolute atomic E-state index is 12.3. The summed E-state index contributed by atoms with van der Waals surface area (Å²) in [5, 5.41) is 8.43. The minimum Gasteiger partial charge on any atom is -0.392 e. The van der Waals surface area contributed by atoms with Crippen LogP contribution < -0.4 is 0 Å². The van der Waals surface area contributed by atoms with E-state index < -0.39 is 11.7 Å². The second kappa shape index (κ2) is 4.23. The van der Waals surface area contributed by atoms with E-state index >= 15 is 0 Å². The number of alkyl halides is 3. The molecule has 1 heterocycles. The second-order valence-corrected chi connectivity index (χ2v) is 2.52. The molecule has 0 atom stereocenters. The lowest BCUT2D eigenvalue weighted by molar-refractivity contribution is -0.138. The Morgan fingerprint density at radius 3 is 2.71 bits per heavy atom. The van der Waals surface area contributed by atoms with Crippen molar-refractivity contribution < 1.29 is 18.3 Å². The molecule has 0 aromatic carbocycles. The van der Waals surface area contributed by atoms with Gasteiger partial charge in [0.25, 0.3) is 0 Å². The fraction of sp³-hybridized carbons (Fsp3) is 0.222. The van der Waals surface area contributed by atoms with Crippen LogP contribution in [0.5, 0.6) is 0 Å². The fourth-order valence-corrected chi connectivity index (χ4v) is 0.954. The first-order chi connectivity index (χ1) is 6.55. The summed E-state index contributed by atoms with van der Waals surface area (Å²) in [7, 11) is 0. The molecule has 0 aliphatic heterocycles. The van der Waals surface area contributed by atoms with E-state index in [1.165, 1.54) is 18.3 Å². The van der Waals surface area contributed by atoms with E-state index in [1.807, 2.05) is 0 Å². The lowest BCUT2D eigenvalue weighted by Crippen LogP contribution is -2.08. The van der Waals surface area contributed by atoms with Crippen LogP contribution in [0.1, 0.15) is 11.3 Å². The van der Waals surface area contributed by atoms with Crippen molar-refractivity contribution >= 4 is 6.08 Å². The van der Waals surface area contributed by atoms with Gasteiger partial charge >= 0.3 is 6.18 Å². The molecule has 0 saturated heterocycles. The maximum atomic E-state index is 12.3. The van der Waals surface area contributed by atoms with Crippen LogP contribution >= 0.6 is 0 Å². The topological polar surface area (TPSA) is 33.1 Å². The first kappa shape index (κ1) is 10.7. The summed E-state index contributed by atoms with van der Waals surface area (Å²) in [6.07, 6.45) is -0.796. The Bertz CT molecular complexity index is 333. The Labute approximate surface area is 78.7 Å². The van der Waals surface area contributed by atoms with Crippen molar-refractivity contribution in [2.45, 2.75) is 6.18 Å². The molecule has 0 aliphatic rings. The molecular weight excluding hydrogens is 195 g/mol. The largest absolute Gasteiger partial charge is 0.418 e. The van der Waals surface area contributed by atoms with Gasteiger partial charge in [-0.2, -0.15) is 13.2 Å². The highest BCUT2D eigenvalue weighted by Gasteiger charge is 2.32. The van der Waals surface area contributed by atoms with E-state index in [2.05, 4.69) is 4.98 Å². The number of aliphatic hydroxyl groups is 1. The number of pyridine rings is 1. The van der Waals surface area contributed by atoms with Crippen LogP contribution in [0.3, 0.4) is 0 Å². The second-order valence-electron chi connectivity index (χ2n) is 2.52. The van der Waals surface area contributed by atoms with Gasteiger partial charge in [0.15, 0.2) is 0 Å². The standard InChI is InChI=1S/C9H8F3NO/c10-9(11,12)7-3-1-5-13-8(7)4-2-6-14/h1-5,14H,6H2. The Morgan fingerprint density at radius 1 is 1.43 bits per heavy atom. The van der Waals surface area contributed by atoms with Gasteiger partial charge in [-0.3, -0.25) is 4.98 Å². The number of rotatable bonds is 2. The van der Waals surface area contributed by atoms with Crippen LogP contribution in [0.25, 0.3) is 6.08 Å². The van der Waals surface area contributed by atoms with Crippen LogP contribution in [-0.4, -0.2) is 16.7 Å². The molecular formula is C9H8F3NO. The van der Waals surface area contributed by atoms with Gasteiger partial charge in [-0.1, -0.05) is 6.08 Å². The highest BCUT2D eigenvalue weighted by molar-refractivity contribution is 5.50. The van der Waals surface area contributed by atoms with E-state index in [9.17, 15) is 13.2 Å². The summed E-state index contributed by atoms with van der Waals surface area (Å²) in [5.74, 6) is 0. The fourth-order valence-electron chi connectivity index (χ4n) is 0.954. The number of aliphatic hydroxyl groups excluding tert-OH is 1. The number of hydrogen-bond acceptors (Lipinski definition) is 2. The molecule has 0 fully saturated rings. The summed E-state index contributed by atoms with van der Waals surface area (Å²) >= 11 is 0. The van der Waals surface area contributed by atoms with Crippen molar-refractivity contribution in [1.82, 2.24) is 4.98 Å². The zero-order chi connectivity index (χ0) is 10.6. The molecule has 1 aromatic heterocycles. The predicted molar refractivity (Wildman–Crippen MR) is 45.4 cm³/mol. The first-order valence-corrected chi connectivity index (χ1v) is 3.85. The zero-order valence-electron chi connectivity index (χ0n) is 7.12. The molecule has 1 N–H and O–H groups in total. The molecule has 76 valence electrons. The summed E-state index contributed by atoms with van der Waals surface area (Å²) in [4.78, 5) is 3.56. The Balaban J connectivity index is 3.10. The number of hydrogen-bond donors (Lipinski definition) is 1. The van der Waals surface area contributed by atoms with E-state index in [-0.39, 0.29) is 12.3 Å². The number of nitrogens with zero attached hydrogens (tertiary/aromatic N) is 1. The smallest absolute Gasteiger partial charge is 0.392 e. The van der Waals surface area contributed by atoms with Gasteiger partial charge < -0.3 is 5.11 Å². The third kappa shape index (κ3) is 2.56. The van der Waals surface area contributed by atoms with Gasteiger partial charge in [0.05, 0.1) is 17.9 Å². The van der Waals surface area contributed by atoms with Gasteiger partial charge in [-0.15, -0.1) is 0 Å². The molecule has 0 aliphatic carbocycles. The highest BCUT2D eigenvalue weighted by Crippen LogP contribution is 2.31. The lowest BCUT2D eigenvalue weighted by Gasteiger charge is -2.08. The van der Waals surface area contributed by atoms with E-state index in [0.29, 0.717) is 0 Å². The van der Waals surface area contributed by atoms with Crippen molar-refractivity contribution in [3.05, 3.63) is 35.7 Å². The van der Waals surface area contributed by atoms with Crippen molar-refractivity contribution in [3.8, 4) is 0 Å².